The third-order valence-corrected chi connectivity index (χ3v) is 3.88. The topological polar surface area (TPSA) is 29.1 Å². The first-order valence-electron chi connectivity index (χ1n) is 5.43. The molecule has 2 nitrogen and oxygen atoms in total. The molecule has 82 valence electrons. The lowest BCUT2D eigenvalue weighted by atomic mass is 9.78. The van der Waals surface area contributed by atoms with Crippen molar-refractivity contribution in [2.75, 3.05) is 12.0 Å². The Kier molecular flexibility index (Phi) is 4.79. The van der Waals surface area contributed by atoms with Crippen LogP contribution in [0.3, 0.4) is 0 Å². The van der Waals surface area contributed by atoms with Crippen molar-refractivity contribution in [2.45, 2.75) is 39.2 Å². The maximum absolute atomic E-state index is 11.4. The Balaban J connectivity index is 2.39. The number of hydrogen-bond acceptors (Lipinski definition) is 2. The number of nitrogens with one attached hydrogen (secondary N) is 1. The third kappa shape index (κ3) is 3.19. The smallest absolute Gasteiger partial charge is 0.230 e. The molecule has 3 heteroatoms. The molecule has 14 heavy (non-hydrogen) atoms. The van der Waals surface area contributed by atoms with Crippen molar-refractivity contribution in [3.05, 3.63) is 0 Å². The quantitative estimate of drug-likeness (QED) is 0.782. The van der Waals surface area contributed by atoms with Gasteiger partial charge in [0.2, 0.25) is 5.91 Å². The largest absolute Gasteiger partial charge is 0.352 e. The minimum Gasteiger partial charge on any atom is -0.352 e. The van der Waals surface area contributed by atoms with Crippen LogP contribution in [0.4, 0.5) is 0 Å². The van der Waals surface area contributed by atoms with Crippen LogP contribution >= 0.6 is 11.8 Å². The van der Waals surface area contributed by atoms with Gasteiger partial charge in [-0.1, -0.05) is 26.7 Å². The van der Waals surface area contributed by atoms with Crippen molar-refractivity contribution in [1.82, 2.24) is 5.32 Å². The monoisotopic (exact) mass is 215 g/mol. The molecule has 0 aliphatic heterocycles. The van der Waals surface area contributed by atoms with Crippen molar-refractivity contribution in [1.29, 1.82) is 0 Å². The summed E-state index contributed by atoms with van der Waals surface area (Å²) in [5.74, 6) is 2.18. The lowest BCUT2D eigenvalue weighted by Gasteiger charge is -2.34. The zero-order valence-corrected chi connectivity index (χ0v) is 10.2. The third-order valence-electron chi connectivity index (χ3n) is 3.33. The number of rotatable bonds is 3. The van der Waals surface area contributed by atoms with Gasteiger partial charge < -0.3 is 5.32 Å². The highest BCUT2D eigenvalue weighted by molar-refractivity contribution is 7.99. The van der Waals surface area contributed by atoms with E-state index in [1.54, 1.807) is 11.8 Å². The van der Waals surface area contributed by atoms with E-state index in [9.17, 15) is 4.79 Å². The lowest BCUT2D eigenvalue weighted by molar-refractivity contribution is -0.119. The Hall–Kier alpha value is -0.180. The van der Waals surface area contributed by atoms with Gasteiger partial charge in [0.05, 0.1) is 5.75 Å². The van der Waals surface area contributed by atoms with Gasteiger partial charge in [0.15, 0.2) is 0 Å². The molecule has 0 aromatic heterocycles. The second-order valence-corrected chi connectivity index (χ2v) is 5.24. The van der Waals surface area contributed by atoms with Gasteiger partial charge in [-0.05, 0) is 24.5 Å². The van der Waals surface area contributed by atoms with E-state index in [2.05, 4.69) is 19.2 Å². The van der Waals surface area contributed by atoms with Crippen molar-refractivity contribution >= 4 is 17.7 Å². The zero-order valence-electron chi connectivity index (χ0n) is 9.38. The SMILES string of the molecule is CSCC(=O)NC1CCCC(C)C1C. The normalized spacial score (nSPS) is 32.6. The van der Waals surface area contributed by atoms with E-state index in [1.807, 2.05) is 6.26 Å². The van der Waals surface area contributed by atoms with Gasteiger partial charge in [0, 0.05) is 6.04 Å². The molecule has 1 rings (SSSR count). The molecule has 0 bridgehead atoms. The fourth-order valence-electron chi connectivity index (χ4n) is 2.17. The first-order chi connectivity index (χ1) is 6.65. The van der Waals surface area contributed by atoms with Crippen molar-refractivity contribution in [2.24, 2.45) is 11.8 Å². The molecule has 1 fully saturated rings. The molecule has 1 saturated carbocycles. The van der Waals surface area contributed by atoms with E-state index in [0.717, 1.165) is 12.3 Å². The van der Waals surface area contributed by atoms with E-state index in [4.69, 9.17) is 0 Å². The highest BCUT2D eigenvalue weighted by atomic mass is 32.2. The van der Waals surface area contributed by atoms with Crippen LogP contribution in [0.2, 0.25) is 0 Å². The highest BCUT2D eigenvalue weighted by Crippen LogP contribution is 2.29. The fourth-order valence-corrected chi connectivity index (χ4v) is 2.51. The summed E-state index contributed by atoms with van der Waals surface area (Å²) in [7, 11) is 0. The Labute approximate surface area is 91.2 Å². The molecule has 0 heterocycles. The summed E-state index contributed by atoms with van der Waals surface area (Å²) < 4.78 is 0. The van der Waals surface area contributed by atoms with Gasteiger partial charge in [0.1, 0.15) is 0 Å². The molecule has 0 spiro atoms. The second-order valence-electron chi connectivity index (χ2n) is 4.37. The average molecular weight is 215 g/mol. The van der Waals surface area contributed by atoms with Crippen LogP contribution in [0.5, 0.6) is 0 Å². The molecular formula is C11H21NOS. The van der Waals surface area contributed by atoms with Crippen LogP contribution < -0.4 is 5.32 Å². The summed E-state index contributed by atoms with van der Waals surface area (Å²) >= 11 is 1.59. The van der Waals surface area contributed by atoms with E-state index >= 15 is 0 Å². The van der Waals surface area contributed by atoms with Crippen LogP contribution in [0.25, 0.3) is 0 Å². The summed E-state index contributed by atoms with van der Waals surface area (Å²) in [6.07, 6.45) is 5.70. The molecular weight excluding hydrogens is 194 g/mol. The summed E-state index contributed by atoms with van der Waals surface area (Å²) in [6.45, 7) is 4.55. The Bertz CT molecular complexity index is 196. The van der Waals surface area contributed by atoms with E-state index < -0.39 is 0 Å². The molecule has 1 aliphatic carbocycles. The second kappa shape index (κ2) is 5.64. The summed E-state index contributed by atoms with van der Waals surface area (Å²) in [5, 5.41) is 3.14. The van der Waals surface area contributed by atoms with Gasteiger partial charge >= 0.3 is 0 Å². The Morgan fingerprint density at radius 1 is 1.43 bits per heavy atom. The number of carbonyl (C=O) groups excluding carboxylic acids is 1. The van der Waals surface area contributed by atoms with Crippen LogP contribution in [-0.4, -0.2) is 24.0 Å². The van der Waals surface area contributed by atoms with E-state index in [0.29, 0.717) is 17.7 Å². The van der Waals surface area contributed by atoms with E-state index in [-0.39, 0.29) is 5.91 Å². The summed E-state index contributed by atoms with van der Waals surface area (Å²) in [6, 6.07) is 0.415. The molecule has 1 aliphatic rings. The lowest BCUT2D eigenvalue weighted by Crippen LogP contribution is -2.44. The molecule has 1 amide bonds. The summed E-state index contributed by atoms with van der Waals surface area (Å²) in [4.78, 5) is 11.4. The molecule has 3 unspecified atom stereocenters. The minimum atomic E-state index is 0.198. The molecule has 1 N–H and O–H groups in total. The van der Waals surface area contributed by atoms with Crippen LogP contribution in [-0.2, 0) is 4.79 Å². The zero-order chi connectivity index (χ0) is 10.6. The minimum absolute atomic E-state index is 0.198. The first kappa shape index (κ1) is 11.9. The number of thioether (sulfide) groups is 1. The van der Waals surface area contributed by atoms with Gasteiger partial charge in [-0.3, -0.25) is 4.79 Å². The van der Waals surface area contributed by atoms with Gasteiger partial charge in [0.25, 0.3) is 0 Å². The van der Waals surface area contributed by atoms with Crippen molar-refractivity contribution in [3.63, 3.8) is 0 Å². The first-order valence-corrected chi connectivity index (χ1v) is 6.82. The standard InChI is InChI=1S/C11H21NOS/c1-8-5-4-6-10(9(8)2)12-11(13)7-14-3/h8-10H,4-7H2,1-3H3,(H,12,13). The predicted octanol–water partition coefficient (Wildman–Crippen LogP) is 2.29. The molecule has 3 atom stereocenters. The highest BCUT2D eigenvalue weighted by Gasteiger charge is 2.27. The molecule has 0 radical (unpaired) electrons. The number of carbonyl (C=O) groups is 1. The van der Waals surface area contributed by atoms with E-state index in [1.165, 1.54) is 12.8 Å². The van der Waals surface area contributed by atoms with Crippen LogP contribution in [0.15, 0.2) is 0 Å². The Morgan fingerprint density at radius 2 is 2.14 bits per heavy atom. The maximum atomic E-state index is 11.4. The van der Waals surface area contributed by atoms with Gasteiger partial charge in [-0.15, -0.1) is 0 Å². The molecule has 0 saturated heterocycles. The van der Waals surface area contributed by atoms with Crippen molar-refractivity contribution in [3.8, 4) is 0 Å². The van der Waals surface area contributed by atoms with Gasteiger partial charge in [-0.25, -0.2) is 0 Å². The molecule has 0 aromatic rings. The van der Waals surface area contributed by atoms with Crippen LogP contribution in [0, 0.1) is 11.8 Å². The Morgan fingerprint density at radius 3 is 2.79 bits per heavy atom. The predicted molar refractivity (Wildman–Crippen MR) is 62.5 cm³/mol. The van der Waals surface area contributed by atoms with Gasteiger partial charge in [-0.2, -0.15) is 11.8 Å². The fraction of sp³-hybridized carbons (Fsp3) is 0.909. The maximum Gasteiger partial charge on any atom is 0.230 e. The summed E-state index contributed by atoms with van der Waals surface area (Å²) in [5.41, 5.74) is 0. The number of hydrogen-bond donors (Lipinski definition) is 1. The van der Waals surface area contributed by atoms with Crippen molar-refractivity contribution < 1.29 is 4.79 Å². The molecule has 0 aromatic carbocycles. The van der Waals surface area contributed by atoms with Crippen LogP contribution in [0.1, 0.15) is 33.1 Å². The number of amides is 1. The average Bonchev–Trinajstić information content (AvgIpc) is 2.13.